The van der Waals surface area contributed by atoms with E-state index >= 15 is 0 Å². The van der Waals surface area contributed by atoms with Crippen LogP contribution in [-0.2, 0) is 9.53 Å². The SMILES string of the molecule is COCCNC(=O)C(C)Sc1cccc(C(C)O)c1. The van der Waals surface area contributed by atoms with Crippen LogP contribution in [0.1, 0.15) is 25.5 Å². The van der Waals surface area contributed by atoms with Gasteiger partial charge in [0.25, 0.3) is 0 Å². The summed E-state index contributed by atoms with van der Waals surface area (Å²) in [6, 6.07) is 7.61. The lowest BCUT2D eigenvalue weighted by molar-refractivity contribution is -0.120. The summed E-state index contributed by atoms with van der Waals surface area (Å²) in [5.74, 6) is -0.00972. The van der Waals surface area contributed by atoms with Crippen molar-refractivity contribution < 1.29 is 14.6 Å². The molecule has 4 nitrogen and oxygen atoms in total. The Bertz CT molecular complexity index is 409. The quantitative estimate of drug-likeness (QED) is 0.593. The van der Waals surface area contributed by atoms with Gasteiger partial charge >= 0.3 is 0 Å². The van der Waals surface area contributed by atoms with Crippen molar-refractivity contribution in [2.75, 3.05) is 20.3 Å². The molecule has 0 aliphatic rings. The lowest BCUT2D eigenvalue weighted by Gasteiger charge is -2.13. The lowest BCUT2D eigenvalue weighted by Crippen LogP contribution is -2.33. The molecular formula is C14H21NO3S. The summed E-state index contributed by atoms with van der Waals surface area (Å²) in [6.07, 6.45) is -0.494. The molecule has 0 radical (unpaired) electrons. The highest BCUT2D eigenvalue weighted by Crippen LogP contribution is 2.26. The minimum atomic E-state index is -0.494. The molecule has 1 aromatic rings. The normalized spacial score (nSPS) is 13.9. The van der Waals surface area contributed by atoms with E-state index in [9.17, 15) is 9.90 Å². The molecule has 19 heavy (non-hydrogen) atoms. The molecule has 2 unspecified atom stereocenters. The molecule has 0 aromatic heterocycles. The van der Waals surface area contributed by atoms with Crippen LogP contribution in [0.2, 0.25) is 0 Å². The molecule has 0 aliphatic heterocycles. The van der Waals surface area contributed by atoms with Crippen LogP contribution < -0.4 is 5.32 Å². The van der Waals surface area contributed by atoms with Crippen LogP contribution >= 0.6 is 11.8 Å². The molecular weight excluding hydrogens is 262 g/mol. The van der Waals surface area contributed by atoms with E-state index in [1.54, 1.807) is 14.0 Å². The van der Waals surface area contributed by atoms with Gasteiger partial charge in [0.05, 0.1) is 18.0 Å². The fourth-order valence-corrected chi connectivity index (χ4v) is 2.49. The third kappa shape index (κ3) is 5.63. The van der Waals surface area contributed by atoms with Crippen molar-refractivity contribution >= 4 is 17.7 Å². The molecule has 0 aliphatic carbocycles. The van der Waals surface area contributed by atoms with Crippen molar-refractivity contribution in [3.05, 3.63) is 29.8 Å². The van der Waals surface area contributed by atoms with Gasteiger partial charge in [-0.2, -0.15) is 0 Å². The van der Waals surface area contributed by atoms with E-state index in [1.165, 1.54) is 11.8 Å². The zero-order chi connectivity index (χ0) is 14.3. The third-order valence-electron chi connectivity index (χ3n) is 2.63. The Labute approximate surface area is 118 Å². The zero-order valence-electron chi connectivity index (χ0n) is 11.6. The predicted molar refractivity (Wildman–Crippen MR) is 77.3 cm³/mol. The number of aliphatic hydroxyl groups excluding tert-OH is 1. The van der Waals surface area contributed by atoms with E-state index < -0.39 is 6.10 Å². The number of methoxy groups -OCH3 is 1. The first-order valence-corrected chi connectivity index (χ1v) is 7.14. The Morgan fingerprint density at radius 3 is 2.84 bits per heavy atom. The topological polar surface area (TPSA) is 58.6 Å². The molecule has 106 valence electrons. The Morgan fingerprint density at radius 1 is 1.47 bits per heavy atom. The smallest absolute Gasteiger partial charge is 0.233 e. The van der Waals surface area contributed by atoms with E-state index in [0.29, 0.717) is 13.2 Å². The fraction of sp³-hybridized carbons (Fsp3) is 0.500. The number of benzene rings is 1. The summed E-state index contributed by atoms with van der Waals surface area (Å²) < 4.78 is 4.88. The van der Waals surface area contributed by atoms with E-state index in [0.717, 1.165) is 10.5 Å². The number of amides is 1. The molecule has 0 heterocycles. The van der Waals surface area contributed by atoms with Gasteiger partial charge in [0.1, 0.15) is 0 Å². The number of carbonyl (C=O) groups is 1. The van der Waals surface area contributed by atoms with Gasteiger partial charge in [-0.05, 0) is 31.5 Å². The van der Waals surface area contributed by atoms with Crippen LogP contribution in [-0.4, -0.2) is 36.5 Å². The van der Waals surface area contributed by atoms with Crippen molar-refractivity contribution in [1.82, 2.24) is 5.32 Å². The van der Waals surface area contributed by atoms with Crippen molar-refractivity contribution in [3.8, 4) is 0 Å². The monoisotopic (exact) mass is 283 g/mol. The van der Waals surface area contributed by atoms with E-state index in [-0.39, 0.29) is 11.2 Å². The number of carbonyl (C=O) groups excluding carboxylic acids is 1. The van der Waals surface area contributed by atoms with Crippen molar-refractivity contribution in [2.45, 2.75) is 30.1 Å². The first kappa shape index (κ1) is 16.0. The third-order valence-corrected chi connectivity index (χ3v) is 3.72. The standard InChI is InChI=1S/C14H21NO3S/c1-10(16)12-5-4-6-13(9-12)19-11(2)14(17)15-7-8-18-3/h4-6,9-11,16H,7-8H2,1-3H3,(H,15,17). The Morgan fingerprint density at radius 2 is 2.21 bits per heavy atom. The molecule has 2 N–H and O–H groups in total. The molecule has 1 amide bonds. The van der Waals surface area contributed by atoms with Crippen molar-refractivity contribution in [1.29, 1.82) is 0 Å². The number of ether oxygens (including phenoxy) is 1. The van der Waals surface area contributed by atoms with Gasteiger partial charge in [-0.3, -0.25) is 4.79 Å². The van der Waals surface area contributed by atoms with Gasteiger partial charge in [0, 0.05) is 18.6 Å². The van der Waals surface area contributed by atoms with Gasteiger partial charge in [-0.1, -0.05) is 12.1 Å². The van der Waals surface area contributed by atoms with E-state index in [1.807, 2.05) is 31.2 Å². The van der Waals surface area contributed by atoms with Crippen LogP contribution in [0.25, 0.3) is 0 Å². The Balaban J connectivity index is 2.53. The number of nitrogens with one attached hydrogen (secondary N) is 1. The number of aliphatic hydroxyl groups is 1. The summed E-state index contributed by atoms with van der Waals surface area (Å²) in [5, 5.41) is 12.2. The number of thioether (sulfide) groups is 1. The molecule has 2 atom stereocenters. The largest absolute Gasteiger partial charge is 0.389 e. The number of hydrogen-bond acceptors (Lipinski definition) is 4. The molecule has 0 saturated carbocycles. The maximum Gasteiger partial charge on any atom is 0.233 e. The van der Waals surface area contributed by atoms with E-state index in [4.69, 9.17) is 4.74 Å². The number of hydrogen-bond donors (Lipinski definition) is 2. The summed E-state index contributed by atoms with van der Waals surface area (Å²) in [5.41, 5.74) is 0.858. The first-order chi connectivity index (χ1) is 9.04. The minimum Gasteiger partial charge on any atom is -0.389 e. The Hall–Kier alpha value is -1.04. The summed E-state index contributed by atoms with van der Waals surface area (Å²) >= 11 is 1.48. The van der Waals surface area contributed by atoms with Gasteiger partial charge in [0.2, 0.25) is 5.91 Å². The molecule has 0 spiro atoms. The van der Waals surface area contributed by atoms with Crippen LogP contribution in [0.3, 0.4) is 0 Å². The maximum atomic E-state index is 11.8. The van der Waals surface area contributed by atoms with Crippen molar-refractivity contribution in [2.24, 2.45) is 0 Å². The minimum absolute atomic E-state index is 0.00972. The zero-order valence-corrected chi connectivity index (χ0v) is 12.4. The highest BCUT2D eigenvalue weighted by molar-refractivity contribution is 8.00. The lowest BCUT2D eigenvalue weighted by atomic mass is 10.1. The van der Waals surface area contributed by atoms with Crippen molar-refractivity contribution in [3.63, 3.8) is 0 Å². The molecule has 0 saturated heterocycles. The molecule has 5 heteroatoms. The second-order valence-corrected chi connectivity index (χ2v) is 5.71. The highest BCUT2D eigenvalue weighted by Gasteiger charge is 2.14. The highest BCUT2D eigenvalue weighted by atomic mass is 32.2. The summed E-state index contributed by atoms with van der Waals surface area (Å²) in [6.45, 7) is 4.63. The van der Waals surface area contributed by atoms with Gasteiger partial charge < -0.3 is 15.2 Å². The van der Waals surface area contributed by atoms with Gasteiger partial charge in [-0.15, -0.1) is 11.8 Å². The van der Waals surface area contributed by atoms with Gasteiger partial charge in [0.15, 0.2) is 0 Å². The van der Waals surface area contributed by atoms with Crippen LogP contribution in [0.15, 0.2) is 29.2 Å². The van der Waals surface area contributed by atoms with Crippen LogP contribution in [0.4, 0.5) is 0 Å². The first-order valence-electron chi connectivity index (χ1n) is 6.26. The molecule has 1 aromatic carbocycles. The van der Waals surface area contributed by atoms with Crippen LogP contribution in [0.5, 0.6) is 0 Å². The second kappa shape index (κ2) is 8.19. The molecule has 1 rings (SSSR count). The molecule has 0 fully saturated rings. The fourth-order valence-electron chi connectivity index (χ4n) is 1.53. The van der Waals surface area contributed by atoms with E-state index in [2.05, 4.69) is 5.32 Å². The van der Waals surface area contributed by atoms with Gasteiger partial charge in [-0.25, -0.2) is 0 Å². The maximum absolute atomic E-state index is 11.8. The second-order valence-electron chi connectivity index (χ2n) is 4.29. The van der Waals surface area contributed by atoms with Crippen LogP contribution in [0, 0.1) is 0 Å². The summed E-state index contributed by atoms with van der Waals surface area (Å²) in [7, 11) is 1.60. The predicted octanol–water partition coefficient (Wildman–Crippen LogP) is 1.98. The average Bonchev–Trinajstić information content (AvgIpc) is 2.39. The average molecular weight is 283 g/mol. The molecule has 0 bridgehead atoms. The summed E-state index contributed by atoms with van der Waals surface area (Å²) in [4.78, 5) is 12.8. The number of rotatable bonds is 7. The Kier molecular flexibility index (Phi) is 6.91.